The van der Waals surface area contributed by atoms with Crippen molar-refractivity contribution < 1.29 is 9.59 Å². The molecular weight excluding hydrogens is 344 g/mol. The van der Waals surface area contributed by atoms with Gasteiger partial charge in [-0.15, -0.1) is 0 Å². The van der Waals surface area contributed by atoms with Gasteiger partial charge in [0.1, 0.15) is 6.54 Å². The molecule has 0 bridgehead atoms. The van der Waals surface area contributed by atoms with E-state index in [1.165, 1.54) is 11.0 Å². The van der Waals surface area contributed by atoms with Gasteiger partial charge < -0.3 is 5.32 Å². The van der Waals surface area contributed by atoms with Crippen LogP contribution >= 0.6 is 15.9 Å². The summed E-state index contributed by atoms with van der Waals surface area (Å²) in [4.78, 5) is 25.6. The second kappa shape index (κ2) is 6.15. The summed E-state index contributed by atoms with van der Waals surface area (Å²) in [7, 11) is 0. The van der Waals surface area contributed by atoms with E-state index in [0.29, 0.717) is 11.4 Å². The number of para-hydroxylation sites is 2. The number of fused-ring (bicyclic) bond motifs is 1. The molecule has 1 aliphatic heterocycles. The van der Waals surface area contributed by atoms with Crippen molar-refractivity contribution in [1.29, 1.82) is 0 Å². The lowest BCUT2D eigenvalue weighted by atomic mass is 10.1. The summed E-state index contributed by atoms with van der Waals surface area (Å²) in [6, 6.07) is 14.9. The molecule has 0 atom stereocenters. The highest BCUT2D eigenvalue weighted by Crippen LogP contribution is 2.29. The van der Waals surface area contributed by atoms with Gasteiger partial charge in [-0.2, -0.15) is 0 Å². The summed E-state index contributed by atoms with van der Waals surface area (Å²) in [5.41, 5.74) is 2.27. The lowest BCUT2D eigenvalue weighted by Gasteiger charge is -2.28. The number of hydrogen-bond acceptors (Lipinski definition) is 2. The summed E-state index contributed by atoms with van der Waals surface area (Å²) >= 11 is 3.44. The van der Waals surface area contributed by atoms with Gasteiger partial charge in [0.15, 0.2) is 0 Å². The highest BCUT2D eigenvalue weighted by molar-refractivity contribution is 9.10. The zero-order valence-corrected chi connectivity index (χ0v) is 13.2. The molecule has 1 aliphatic rings. The number of nitrogens with one attached hydrogen (secondary N) is 1. The van der Waals surface area contributed by atoms with Gasteiger partial charge in [-0.25, -0.2) is 0 Å². The molecular formula is C17H13BrN2O2. The maximum Gasteiger partial charge on any atom is 0.251 e. The Morgan fingerprint density at radius 2 is 1.86 bits per heavy atom. The second-order valence-electron chi connectivity index (χ2n) is 4.84. The first kappa shape index (κ1) is 14.5. The number of nitrogens with zero attached hydrogens (tertiary/aromatic N) is 1. The molecule has 22 heavy (non-hydrogen) atoms. The third-order valence-electron chi connectivity index (χ3n) is 3.35. The molecule has 2 amide bonds. The van der Waals surface area contributed by atoms with E-state index in [1.807, 2.05) is 42.5 Å². The van der Waals surface area contributed by atoms with Crippen molar-refractivity contribution in [2.24, 2.45) is 0 Å². The van der Waals surface area contributed by atoms with Gasteiger partial charge in [-0.3, -0.25) is 14.5 Å². The molecule has 4 nitrogen and oxygen atoms in total. The van der Waals surface area contributed by atoms with Crippen LogP contribution in [0.2, 0.25) is 0 Å². The highest BCUT2D eigenvalue weighted by Gasteiger charge is 2.25. The summed E-state index contributed by atoms with van der Waals surface area (Å²) in [6.07, 6.45) is 3.22. The van der Waals surface area contributed by atoms with Crippen LogP contribution in [0.1, 0.15) is 5.56 Å². The molecule has 0 fully saturated rings. The van der Waals surface area contributed by atoms with Crippen LogP contribution in [0.4, 0.5) is 11.4 Å². The minimum absolute atomic E-state index is 0.0240. The molecule has 110 valence electrons. The zero-order valence-electron chi connectivity index (χ0n) is 11.6. The van der Waals surface area contributed by atoms with Gasteiger partial charge in [-0.1, -0.05) is 46.3 Å². The molecule has 0 saturated heterocycles. The van der Waals surface area contributed by atoms with E-state index in [0.717, 1.165) is 10.0 Å². The van der Waals surface area contributed by atoms with Crippen LogP contribution in [0.15, 0.2) is 59.1 Å². The SMILES string of the molecule is O=C1CN(C(=O)/C=C/c2ccccc2Br)c2ccccc2N1. The van der Waals surface area contributed by atoms with Crippen LogP contribution < -0.4 is 10.2 Å². The number of carbonyl (C=O) groups is 2. The van der Waals surface area contributed by atoms with E-state index in [2.05, 4.69) is 21.2 Å². The molecule has 2 aromatic carbocycles. The number of anilines is 2. The van der Waals surface area contributed by atoms with Gasteiger partial charge in [0.25, 0.3) is 5.91 Å². The number of rotatable bonds is 2. The fraction of sp³-hybridized carbons (Fsp3) is 0.0588. The third kappa shape index (κ3) is 2.94. The van der Waals surface area contributed by atoms with Crippen LogP contribution in [-0.2, 0) is 9.59 Å². The standard InChI is InChI=1S/C17H13BrN2O2/c18-13-6-2-1-5-12(13)9-10-17(22)20-11-16(21)19-14-7-3-4-8-15(14)20/h1-10H,11H2,(H,19,21)/b10-9+. The first-order chi connectivity index (χ1) is 10.6. The summed E-state index contributed by atoms with van der Waals surface area (Å²) in [6.45, 7) is 0.0240. The van der Waals surface area contributed by atoms with E-state index in [-0.39, 0.29) is 18.4 Å². The Hall–Kier alpha value is -2.40. The number of amides is 2. The van der Waals surface area contributed by atoms with Gasteiger partial charge in [0.05, 0.1) is 11.4 Å². The van der Waals surface area contributed by atoms with E-state index in [4.69, 9.17) is 0 Å². The molecule has 0 spiro atoms. The molecule has 0 aliphatic carbocycles. The van der Waals surface area contributed by atoms with Crippen molar-refractivity contribution >= 4 is 45.2 Å². The quantitative estimate of drug-likeness (QED) is 0.837. The van der Waals surface area contributed by atoms with Gasteiger partial charge >= 0.3 is 0 Å². The van der Waals surface area contributed by atoms with E-state index in [1.54, 1.807) is 12.1 Å². The molecule has 0 radical (unpaired) electrons. The molecule has 3 rings (SSSR count). The van der Waals surface area contributed by atoms with Crippen LogP contribution in [0.3, 0.4) is 0 Å². The minimum atomic E-state index is -0.224. The Morgan fingerprint density at radius 1 is 1.14 bits per heavy atom. The van der Waals surface area contributed by atoms with Crippen LogP contribution in [0, 0.1) is 0 Å². The molecule has 2 aromatic rings. The fourth-order valence-electron chi connectivity index (χ4n) is 2.29. The van der Waals surface area contributed by atoms with Crippen molar-refractivity contribution in [2.45, 2.75) is 0 Å². The van der Waals surface area contributed by atoms with Crippen molar-refractivity contribution in [1.82, 2.24) is 0 Å². The minimum Gasteiger partial charge on any atom is -0.323 e. The lowest BCUT2D eigenvalue weighted by Crippen LogP contribution is -2.41. The van der Waals surface area contributed by atoms with Crippen LogP contribution in [0.5, 0.6) is 0 Å². The second-order valence-corrected chi connectivity index (χ2v) is 5.70. The van der Waals surface area contributed by atoms with Crippen LogP contribution in [-0.4, -0.2) is 18.4 Å². The topological polar surface area (TPSA) is 49.4 Å². The zero-order chi connectivity index (χ0) is 15.5. The average molecular weight is 357 g/mol. The van der Waals surface area contributed by atoms with E-state index in [9.17, 15) is 9.59 Å². The predicted molar refractivity (Wildman–Crippen MR) is 90.6 cm³/mol. The number of benzene rings is 2. The van der Waals surface area contributed by atoms with Gasteiger partial charge in [0, 0.05) is 10.5 Å². The maximum absolute atomic E-state index is 12.4. The summed E-state index contributed by atoms with van der Waals surface area (Å²) < 4.78 is 0.913. The molecule has 0 saturated carbocycles. The normalized spacial score (nSPS) is 13.9. The highest BCUT2D eigenvalue weighted by atomic mass is 79.9. The van der Waals surface area contributed by atoms with E-state index >= 15 is 0 Å². The van der Waals surface area contributed by atoms with Crippen molar-refractivity contribution in [2.75, 3.05) is 16.8 Å². The third-order valence-corrected chi connectivity index (χ3v) is 4.07. The average Bonchev–Trinajstić information content (AvgIpc) is 2.53. The predicted octanol–water partition coefficient (Wildman–Crippen LogP) is 3.45. The smallest absolute Gasteiger partial charge is 0.251 e. The van der Waals surface area contributed by atoms with Crippen molar-refractivity contribution in [3.05, 3.63) is 64.6 Å². The maximum atomic E-state index is 12.4. The van der Waals surface area contributed by atoms with Crippen molar-refractivity contribution in [3.8, 4) is 0 Å². The summed E-state index contributed by atoms with van der Waals surface area (Å²) in [5, 5.41) is 2.76. The lowest BCUT2D eigenvalue weighted by molar-refractivity contribution is -0.119. The van der Waals surface area contributed by atoms with Gasteiger partial charge in [0.2, 0.25) is 5.91 Å². The fourth-order valence-corrected chi connectivity index (χ4v) is 2.71. The first-order valence-electron chi connectivity index (χ1n) is 6.78. The Kier molecular flexibility index (Phi) is 4.06. The molecule has 1 N–H and O–H groups in total. The molecule has 5 heteroatoms. The Bertz CT molecular complexity index is 771. The number of carbonyl (C=O) groups excluding carboxylic acids is 2. The molecule has 1 heterocycles. The Morgan fingerprint density at radius 3 is 2.68 bits per heavy atom. The van der Waals surface area contributed by atoms with Crippen LogP contribution in [0.25, 0.3) is 6.08 Å². The van der Waals surface area contributed by atoms with Gasteiger partial charge in [-0.05, 0) is 29.8 Å². The summed E-state index contributed by atoms with van der Waals surface area (Å²) in [5.74, 6) is -0.417. The van der Waals surface area contributed by atoms with Crippen molar-refractivity contribution in [3.63, 3.8) is 0 Å². The molecule has 0 aromatic heterocycles. The number of hydrogen-bond donors (Lipinski definition) is 1. The van der Waals surface area contributed by atoms with E-state index < -0.39 is 0 Å². The monoisotopic (exact) mass is 356 g/mol. The Balaban J connectivity index is 1.87. The Labute approximate surface area is 136 Å². The largest absolute Gasteiger partial charge is 0.323 e. The first-order valence-corrected chi connectivity index (χ1v) is 7.57. The molecule has 0 unspecified atom stereocenters. The number of halogens is 1.